The van der Waals surface area contributed by atoms with Crippen LogP contribution in [0.2, 0.25) is 0 Å². The molecule has 4 heteroatoms. The van der Waals surface area contributed by atoms with Crippen molar-refractivity contribution in [3.63, 3.8) is 0 Å². The van der Waals surface area contributed by atoms with Crippen molar-refractivity contribution in [1.82, 2.24) is 10.1 Å². The Hall–Kier alpha value is -0.900. The molecule has 0 aliphatic heterocycles. The van der Waals surface area contributed by atoms with Crippen molar-refractivity contribution in [2.45, 2.75) is 64.9 Å². The number of aromatic nitrogens is 2. The van der Waals surface area contributed by atoms with E-state index in [1.54, 1.807) is 6.92 Å². The summed E-state index contributed by atoms with van der Waals surface area (Å²) in [6.07, 6.45) is 4.75. The lowest BCUT2D eigenvalue weighted by molar-refractivity contribution is 0.180. The third-order valence-corrected chi connectivity index (χ3v) is 3.66. The van der Waals surface area contributed by atoms with E-state index in [4.69, 9.17) is 4.52 Å². The standard InChI is InChI=1S/C13H22N2O2/c1-9(16)8-11-14-12(15-17-11)10-4-6-13(2,3)7-5-10/h9-10,16H,4-8H2,1-3H3. The molecule has 0 aromatic carbocycles. The number of aliphatic hydroxyl groups excluding tert-OH is 1. The lowest BCUT2D eigenvalue weighted by Gasteiger charge is -2.32. The average molecular weight is 238 g/mol. The van der Waals surface area contributed by atoms with E-state index in [9.17, 15) is 5.11 Å². The Bertz CT molecular complexity index is 361. The van der Waals surface area contributed by atoms with Gasteiger partial charge in [0.1, 0.15) is 0 Å². The zero-order valence-electron chi connectivity index (χ0n) is 10.9. The maximum atomic E-state index is 9.27. The molecule has 1 unspecified atom stereocenters. The van der Waals surface area contributed by atoms with E-state index in [-0.39, 0.29) is 0 Å². The summed E-state index contributed by atoms with van der Waals surface area (Å²) in [7, 11) is 0. The third-order valence-electron chi connectivity index (χ3n) is 3.66. The fraction of sp³-hybridized carbons (Fsp3) is 0.846. The van der Waals surface area contributed by atoms with Crippen molar-refractivity contribution in [3.05, 3.63) is 11.7 Å². The molecule has 1 aliphatic carbocycles. The quantitative estimate of drug-likeness (QED) is 0.879. The number of nitrogens with zero attached hydrogens (tertiary/aromatic N) is 2. The van der Waals surface area contributed by atoms with E-state index < -0.39 is 6.10 Å². The molecule has 0 radical (unpaired) electrons. The predicted molar refractivity (Wildman–Crippen MR) is 64.7 cm³/mol. The zero-order valence-corrected chi connectivity index (χ0v) is 10.9. The van der Waals surface area contributed by atoms with E-state index in [0.717, 1.165) is 18.7 Å². The van der Waals surface area contributed by atoms with E-state index in [1.807, 2.05) is 0 Å². The van der Waals surface area contributed by atoms with Gasteiger partial charge < -0.3 is 9.63 Å². The van der Waals surface area contributed by atoms with Gasteiger partial charge in [0.15, 0.2) is 5.82 Å². The van der Waals surface area contributed by atoms with Gasteiger partial charge in [0, 0.05) is 5.92 Å². The Morgan fingerprint density at radius 3 is 2.65 bits per heavy atom. The molecule has 4 nitrogen and oxygen atoms in total. The summed E-state index contributed by atoms with van der Waals surface area (Å²) in [4.78, 5) is 4.38. The number of aliphatic hydroxyl groups is 1. The van der Waals surface area contributed by atoms with Crippen LogP contribution in [0.15, 0.2) is 4.52 Å². The first-order valence-electron chi connectivity index (χ1n) is 6.47. The van der Waals surface area contributed by atoms with Crippen LogP contribution in [0, 0.1) is 5.41 Å². The molecule has 1 aromatic heterocycles. The van der Waals surface area contributed by atoms with Crippen LogP contribution in [0.4, 0.5) is 0 Å². The van der Waals surface area contributed by atoms with Crippen LogP contribution in [0.3, 0.4) is 0 Å². The molecule has 1 heterocycles. The van der Waals surface area contributed by atoms with Gasteiger partial charge in [-0.15, -0.1) is 0 Å². The maximum absolute atomic E-state index is 9.27. The smallest absolute Gasteiger partial charge is 0.229 e. The van der Waals surface area contributed by atoms with Crippen LogP contribution < -0.4 is 0 Å². The topological polar surface area (TPSA) is 59.2 Å². The first kappa shape index (κ1) is 12.6. The van der Waals surface area contributed by atoms with Crippen molar-refractivity contribution in [1.29, 1.82) is 0 Å². The van der Waals surface area contributed by atoms with Gasteiger partial charge in [0.25, 0.3) is 0 Å². The SMILES string of the molecule is CC(O)Cc1nc(C2CCC(C)(C)CC2)no1. The van der Waals surface area contributed by atoms with E-state index >= 15 is 0 Å². The van der Waals surface area contributed by atoms with Gasteiger partial charge in [-0.25, -0.2) is 0 Å². The molecular formula is C13H22N2O2. The fourth-order valence-corrected chi connectivity index (χ4v) is 2.43. The Balaban J connectivity index is 1.97. The molecule has 17 heavy (non-hydrogen) atoms. The minimum atomic E-state index is -0.423. The normalized spacial score (nSPS) is 22.6. The van der Waals surface area contributed by atoms with Crippen LogP contribution in [0.25, 0.3) is 0 Å². The molecule has 1 fully saturated rings. The van der Waals surface area contributed by atoms with Gasteiger partial charge in [0.2, 0.25) is 5.89 Å². The van der Waals surface area contributed by atoms with Gasteiger partial charge in [0.05, 0.1) is 12.5 Å². The van der Waals surface area contributed by atoms with Crippen molar-refractivity contribution < 1.29 is 9.63 Å². The highest BCUT2D eigenvalue weighted by molar-refractivity contribution is 4.99. The largest absolute Gasteiger partial charge is 0.393 e. The molecule has 0 spiro atoms. The monoisotopic (exact) mass is 238 g/mol. The zero-order chi connectivity index (χ0) is 12.5. The summed E-state index contributed by atoms with van der Waals surface area (Å²) >= 11 is 0. The summed E-state index contributed by atoms with van der Waals surface area (Å²) in [6, 6.07) is 0. The number of hydrogen-bond donors (Lipinski definition) is 1. The minimum Gasteiger partial charge on any atom is -0.393 e. The van der Waals surface area contributed by atoms with Crippen LogP contribution in [-0.4, -0.2) is 21.4 Å². The highest BCUT2D eigenvalue weighted by Crippen LogP contribution is 2.41. The molecule has 0 bridgehead atoms. The Labute approximate surface area is 102 Å². The molecular weight excluding hydrogens is 216 g/mol. The molecule has 2 rings (SSSR count). The van der Waals surface area contributed by atoms with Gasteiger partial charge >= 0.3 is 0 Å². The Kier molecular flexibility index (Phi) is 3.52. The van der Waals surface area contributed by atoms with Gasteiger partial charge in [-0.3, -0.25) is 0 Å². The molecule has 0 amide bonds. The number of rotatable bonds is 3. The molecule has 1 atom stereocenters. The Morgan fingerprint density at radius 2 is 2.06 bits per heavy atom. The van der Waals surface area contributed by atoms with E-state index in [2.05, 4.69) is 24.0 Å². The fourth-order valence-electron chi connectivity index (χ4n) is 2.43. The lowest BCUT2D eigenvalue weighted by atomic mass is 9.73. The second kappa shape index (κ2) is 4.77. The van der Waals surface area contributed by atoms with Gasteiger partial charge in [-0.1, -0.05) is 19.0 Å². The third kappa shape index (κ3) is 3.28. The summed E-state index contributed by atoms with van der Waals surface area (Å²) in [5.74, 6) is 1.82. The van der Waals surface area contributed by atoms with Crippen molar-refractivity contribution in [3.8, 4) is 0 Å². The maximum Gasteiger partial charge on any atom is 0.229 e. The minimum absolute atomic E-state index is 0.423. The summed E-state index contributed by atoms with van der Waals surface area (Å²) < 4.78 is 5.16. The molecule has 1 saturated carbocycles. The second-order valence-corrected chi connectivity index (χ2v) is 6.04. The van der Waals surface area contributed by atoms with E-state index in [0.29, 0.717) is 23.6 Å². The summed E-state index contributed by atoms with van der Waals surface area (Å²) in [6.45, 7) is 6.36. The Morgan fingerprint density at radius 1 is 1.41 bits per heavy atom. The van der Waals surface area contributed by atoms with Crippen molar-refractivity contribution in [2.24, 2.45) is 5.41 Å². The molecule has 1 aliphatic rings. The summed E-state index contributed by atoms with van der Waals surface area (Å²) in [5, 5.41) is 13.3. The number of hydrogen-bond acceptors (Lipinski definition) is 4. The first-order chi connectivity index (χ1) is 7.96. The molecule has 1 aromatic rings. The van der Waals surface area contributed by atoms with Crippen molar-refractivity contribution >= 4 is 0 Å². The highest BCUT2D eigenvalue weighted by atomic mass is 16.5. The van der Waals surface area contributed by atoms with Crippen LogP contribution >= 0.6 is 0 Å². The van der Waals surface area contributed by atoms with E-state index in [1.165, 1.54) is 12.8 Å². The highest BCUT2D eigenvalue weighted by Gasteiger charge is 2.30. The molecule has 0 saturated heterocycles. The second-order valence-electron chi connectivity index (χ2n) is 6.04. The molecule has 1 N–H and O–H groups in total. The van der Waals surface area contributed by atoms with Crippen molar-refractivity contribution in [2.75, 3.05) is 0 Å². The first-order valence-corrected chi connectivity index (χ1v) is 6.47. The van der Waals surface area contributed by atoms with Crippen LogP contribution in [0.1, 0.15) is 64.1 Å². The average Bonchev–Trinajstić information content (AvgIpc) is 2.65. The molecule has 96 valence electrons. The lowest BCUT2D eigenvalue weighted by Crippen LogP contribution is -2.20. The van der Waals surface area contributed by atoms with Gasteiger partial charge in [-0.2, -0.15) is 4.98 Å². The van der Waals surface area contributed by atoms with Gasteiger partial charge in [-0.05, 0) is 38.0 Å². The summed E-state index contributed by atoms with van der Waals surface area (Å²) in [5.41, 5.74) is 0.461. The predicted octanol–water partition coefficient (Wildman–Crippen LogP) is 2.68. The van der Waals surface area contributed by atoms with Crippen LogP contribution in [-0.2, 0) is 6.42 Å². The van der Waals surface area contributed by atoms with Crippen LogP contribution in [0.5, 0.6) is 0 Å².